The van der Waals surface area contributed by atoms with Gasteiger partial charge in [0.15, 0.2) is 29.2 Å². The maximum Gasteiger partial charge on any atom is 0.459 e. The number of hydrogen-bond donors (Lipinski definition) is 3. The molecule has 2 aromatic heterocycles. The predicted octanol–water partition coefficient (Wildman–Crippen LogP) is 5.02. The minimum absolute atomic E-state index is 0.0159. The second-order valence-electron chi connectivity index (χ2n) is 12.0. The number of aliphatic hydroxyl groups excluding tert-OH is 1. The number of carbonyl (C=O) groups is 1. The number of halogens is 2. The van der Waals surface area contributed by atoms with E-state index in [1.54, 1.807) is 43.3 Å². The number of hydrogen-bond acceptors (Lipinski definition) is 12. The van der Waals surface area contributed by atoms with Crippen LogP contribution in [-0.2, 0) is 23.4 Å². The lowest BCUT2D eigenvalue weighted by molar-refractivity contribution is -0.202. The van der Waals surface area contributed by atoms with Crippen molar-refractivity contribution in [2.45, 2.75) is 70.9 Å². The van der Waals surface area contributed by atoms with Crippen LogP contribution in [0.5, 0.6) is 11.6 Å². The van der Waals surface area contributed by atoms with Gasteiger partial charge in [-0.1, -0.05) is 50.2 Å². The molecule has 1 unspecified atom stereocenters. The van der Waals surface area contributed by atoms with Gasteiger partial charge in [-0.05, 0) is 44.6 Å². The zero-order chi connectivity index (χ0) is 34.9. The number of imidazole rings is 1. The molecule has 5 rings (SSSR count). The highest BCUT2D eigenvalue weighted by atomic mass is 31.2. The van der Waals surface area contributed by atoms with E-state index in [0.717, 1.165) is 23.2 Å². The van der Waals surface area contributed by atoms with Gasteiger partial charge >= 0.3 is 13.7 Å². The number of rotatable bonds is 14. The lowest BCUT2D eigenvalue weighted by Crippen LogP contribution is -2.47. The Bertz CT molecular complexity index is 1820. The summed E-state index contributed by atoms with van der Waals surface area (Å²) in [7, 11) is -4.69. The highest BCUT2D eigenvalue weighted by molar-refractivity contribution is 7.52. The average Bonchev–Trinajstić information content (AvgIpc) is 3.52. The minimum Gasteiger partial charge on any atom is -0.476 e. The van der Waals surface area contributed by atoms with Crippen molar-refractivity contribution in [3.05, 3.63) is 48.8 Å². The largest absolute Gasteiger partial charge is 0.476 e. The predicted molar refractivity (Wildman–Crippen MR) is 172 cm³/mol. The molecule has 2 aromatic carbocycles. The maximum atomic E-state index is 16.5. The van der Waals surface area contributed by atoms with E-state index in [1.807, 2.05) is 13.8 Å². The first-order valence-corrected chi connectivity index (χ1v) is 16.9. The molecule has 4 aromatic rings. The molecule has 48 heavy (non-hydrogen) atoms. The number of carbonyl (C=O) groups excluding carboxylic acids is 1. The fourth-order valence-electron chi connectivity index (χ4n) is 5.16. The monoisotopic (exact) mass is 692 g/mol. The van der Waals surface area contributed by atoms with Crippen LogP contribution in [0.2, 0.25) is 0 Å². The molecular formula is C31H39F2N6O8P. The highest BCUT2D eigenvalue weighted by Crippen LogP contribution is 2.52. The van der Waals surface area contributed by atoms with Crippen LogP contribution in [0.1, 0.15) is 47.3 Å². The van der Waals surface area contributed by atoms with Crippen molar-refractivity contribution in [3.8, 4) is 11.6 Å². The van der Waals surface area contributed by atoms with Gasteiger partial charge in [-0.3, -0.25) is 13.9 Å². The third-order valence-electron chi connectivity index (χ3n) is 7.72. The lowest BCUT2D eigenvalue weighted by atomic mass is 9.97. The molecule has 1 aliphatic heterocycles. The number of ether oxygens (including phenoxy) is 3. The van der Waals surface area contributed by atoms with Crippen molar-refractivity contribution in [1.82, 2.24) is 24.6 Å². The van der Waals surface area contributed by atoms with E-state index in [1.165, 1.54) is 13.0 Å². The number of esters is 1. The van der Waals surface area contributed by atoms with Gasteiger partial charge in [-0.15, -0.1) is 0 Å². The van der Waals surface area contributed by atoms with E-state index in [2.05, 4.69) is 20.0 Å². The molecule has 17 heteroatoms. The Balaban J connectivity index is 1.43. The van der Waals surface area contributed by atoms with Gasteiger partial charge in [0.05, 0.1) is 19.5 Å². The zero-order valence-electron chi connectivity index (χ0n) is 27.1. The summed E-state index contributed by atoms with van der Waals surface area (Å²) in [6.07, 6.45) is -2.61. The van der Waals surface area contributed by atoms with Crippen LogP contribution in [0, 0.1) is 5.92 Å². The molecule has 3 heterocycles. The molecule has 0 radical (unpaired) electrons. The quantitative estimate of drug-likeness (QED) is 0.119. The molecule has 4 N–H and O–H groups in total. The summed E-state index contributed by atoms with van der Waals surface area (Å²) in [5.74, 6) is -3.90. The number of aliphatic hydroxyl groups is 1. The van der Waals surface area contributed by atoms with E-state index in [9.17, 15) is 14.5 Å². The van der Waals surface area contributed by atoms with Gasteiger partial charge in [0.2, 0.25) is 11.8 Å². The van der Waals surface area contributed by atoms with Crippen LogP contribution < -0.4 is 20.1 Å². The lowest BCUT2D eigenvalue weighted by Gasteiger charge is -2.28. The number of benzene rings is 2. The van der Waals surface area contributed by atoms with Gasteiger partial charge in [-0.2, -0.15) is 15.1 Å². The van der Waals surface area contributed by atoms with E-state index in [-0.39, 0.29) is 47.9 Å². The molecule has 6 atom stereocenters. The molecule has 1 fully saturated rings. The van der Waals surface area contributed by atoms with Crippen LogP contribution in [0.3, 0.4) is 0 Å². The van der Waals surface area contributed by atoms with Crippen LogP contribution >= 0.6 is 7.75 Å². The van der Waals surface area contributed by atoms with Gasteiger partial charge in [0, 0.05) is 5.39 Å². The first kappa shape index (κ1) is 35.4. The molecule has 0 saturated carbocycles. The summed E-state index contributed by atoms with van der Waals surface area (Å²) in [4.78, 5) is 25.0. The van der Waals surface area contributed by atoms with Crippen molar-refractivity contribution < 1.29 is 46.5 Å². The average molecular weight is 693 g/mol. The molecule has 14 nitrogen and oxygen atoms in total. The molecule has 0 bridgehead atoms. The Hall–Kier alpha value is -3.95. The van der Waals surface area contributed by atoms with Crippen molar-refractivity contribution in [3.63, 3.8) is 0 Å². The summed E-state index contributed by atoms with van der Waals surface area (Å²) < 4.78 is 75.7. The summed E-state index contributed by atoms with van der Waals surface area (Å²) in [5, 5.41) is 14.7. The topological polar surface area (TPSA) is 182 Å². The van der Waals surface area contributed by atoms with E-state index >= 15 is 8.78 Å². The standard InChI is InChI=1S/C31H39F2N6O8P/c1-6-43-25-23-24(36-29(34)37-25)39(17-35-23)28-30(5,32)27(41)31(33,46-28)16-45-48(42,38-19(4)26(40)44-15-14-18(2)3)47-22-13-9-11-20-10-7-8-12-21(20)22/h7-13,17-19,27-28,41H,6,14-16H2,1-5H3,(H,38,42)(H2,34,36,37)/t19-,27-,28+,30+,31+,48?/m0/s1. The van der Waals surface area contributed by atoms with E-state index < -0.39 is 50.2 Å². The molecule has 0 amide bonds. The Morgan fingerprint density at radius 3 is 2.65 bits per heavy atom. The molecule has 0 spiro atoms. The molecule has 0 aliphatic carbocycles. The summed E-state index contributed by atoms with van der Waals surface area (Å²) >= 11 is 0. The van der Waals surface area contributed by atoms with Crippen molar-refractivity contribution in [2.75, 3.05) is 25.6 Å². The van der Waals surface area contributed by atoms with E-state index in [4.69, 9.17) is 29.0 Å². The van der Waals surface area contributed by atoms with Crippen LogP contribution in [0.4, 0.5) is 14.7 Å². The van der Waals surface area contributed by atoms with Crippen molar-refractivity contribution in [1.29, 1.82) is 0 Å². The number of nitrogen functional groups attached to an aromatic ring is 1. The highest BCUT2D eigenvalue weighted by Gasteiger charge is 2.65. The van der Waals surface area contributed by atoms with Crippen molar-refractivity contribution in [2.24, 2.45) is 5.92 Å². The Morgan fingerprint density at radius 1 is 1.19 bits per heavy atom. The first-order chi connectivity index (χ1) is 22.7. The first-order valence-electron chi connectivity index (χ1n) is 15.4. The number of anilines is 1. The fraction of sp³-hybridized carbons (Fsp3) is 0.484. The van der Waals surface area contributed by atoms with Crippen LogP contribution in [-0.4, -0.2) is 74.1 Å². The summed E-state index contributed by atoms with van der Waals surface area (Å²) in [6, 6.07) is 10.8. The number of alkyl halides is 2. The number of nitrogens with two attached hydrogens (primary N) is 1. The third kappa shape index (κ3) is 7.22. The van der Waals surface area contributed by atoms with Crippen molar-refractivity contribution >= 4 is 41.6 Å². The summed E-state index contributed by atoms with van der Waals surface area (Å²) in [5.41, 5.74) is 3.06. The minimum atomic E-state index is -4.69. The van der Waals surface area contributed by atoms with Gasteiger partial charge in [0.1, 0.15) is 18.4 Å². The van der Waals surface area contributed by atoms with Crippen LogP contribution in [0.25, 0.3) is 21.9 Å². The number of nitrogens with one attached hydrogen (secondary N) is 1. The number of nitrogens with zero attached hydrogens (tertiary/aromatic N) is 4. The van der Waals surface area contributed by atoms with Gasteiger partial charge in [0.25, 0.3) is 5.85 Å². The zero-order valence-corrected chi connectivity index (χ0v) is 28.0. The van der Waals surface area contributed by atoms with Gasteiger partial charge < -0.3 is 29.6 Å². The second-order valence-corrected chi connectivity index (χ2v) is 13.7. The maximum absolute atomic E-state index is 16.5. The normalized spacial score (nSPS) is 24.5. The van der Waals surface area contributed by atoms with Crippen LogP contribution in [0.15, 0.2) is 48.8 Å². The summed E-state index contributed by atoms with van der Waals surface area (Å²) in [6.45, 7) is 6.97. The third-order valence-corrected chi connectivity index (χ3v) is 9.33. The van der Waals surface area contributed by atoms with E-state index in [0.29, 0.717) is 11.8 Å². The molecule has 260 valence electrons. The second kappa shape index (κ2) is 13.9. The smallest absolute Gasteiger partial charge is 0.459 e. The van der Waals surface area contributed by atoms with Gasteiger partial charge in [-0.25, -0.2) is 18.3 Å². The Labute approximate surface area is 275 Å². The Kier molecular flexibility index (Phi) is 10.2. The molecular weight excluding hydrogens is 653 g/mol. The fourth-order valence-corrected chi connectivity index (χ4v) is 6.68. The number of aromatic nitrogens is 4. The SMILES string of the molecule is CCOc1nc(N)nc2c1ncn2[C@@H]1O[C@](F)(COP(=O)(N[C@@H](C)C(=O)OCCC(C)C)Oc2cccc3ccccc23)[C@@H](O)[C@@]1(C)F. The number of fused-ring (bicyclic) bond motifs is 2. The Morgan fingerprint density at radius 2 is 1.92 bits per heavy atom. The molecule has 1 aliphatic rings. The molecule has 1 saturated heterocycles.